The van der Waals surface area contributed by atoms with Gasteiger partial charge in [-0.3, -0.25) is 14.5 Å². The van der Waals surface area contributed by atoms with Gasteiger partial charge in [0, 0.05) is 11.3 Å². The fraction of sp³-hybridized carbons (Fsp3) is 0.120. The van der Waals surface area contributed by atoms with Crippen LogP contribution in [0.5, 0.6) is 5.75 Å². The Kier molecular flexibility index (Phi) is 5.96. The average Bonchev–Trinajstić information content (AvgIpc) is 3.06. The number of rotatable bonds is 4. The first-order valence-electron chi connectivity index (χ1n) is 9.79. The molecule has 1 aliphatic rings. The van der Waals surface area contributed by atoms with E-state index in [1.807, 2.05) is 25.1 Å². The van der Waals surface area contributed by atoms with Gasteiger partial charge in [-0.2, -0.15) is 0 Å². The summed E-state index contributed by atoms with van der Waals surface area (Å²) in [6, 6.07) is 18.0. The summed E-state index contributed by atoms with van der Waals surface area (Å²) in [4.78, 5) is 27.8. The SMILES string of the molecule is COc1cccc(C2/C(=C(/O)c3ccc(Cl)c(Cl)c3)C(=O)C(=O)N2c2cccc(C)c2)c1. The molecule has 4 rings (SSSR count). The zero-order valence-corrected chi connectivity index (χ0v) is 18.8. The van der Waals surface area contributed by atoms with E-state index in [-0.39, 0.29) is 21.9 Å². The number of halogens is 2. The minimum absolute atomic E-state index is 0.0388. The topological polar surface area (TPSA) is 66.8 Å². The lowest BCUT2D eigenvalue weighted by atomic mass is 9.95. The normalized spacial score (nSPS) is 17.6. The zero-order valence-electron chi connectivity index (χ0n) is 17.3. The van der Waals surface area contributed by atoms with Crippen molar-refractivity contribution in [1.29, 1.82) is 0 Å². The van der Waals surface area contributed by atoms with Crippen molar-refractivity contribution >= 4 is 46.3 Å². The summed E-state index contributed by atoms with van der Waals surface area (Å²) in [5.74, 6) is -1.29. The lowest BCUT2D eigenvalue weighted by Crippen LogP contribution is -2.29. The van der Waals surface area contributed by atoms with Crippen molar-refractivity contribution in [3.63, 3.8) is 0 Å². The number of Topliss-reactive ketones (excluding diaryl/α,β-unsaturated/α-hetero) is 1. The maximum Gasteiger partial charge on any atom is 0.300 e. The van der Waals surface area contributed by atoms with Crippen LogP contribution < -0.4 is 9.64 Å². The third-order valence-electron chi connectivity index (χ3n) is 5.33. The van der Waals surface area contributed by atoms with E-state index in [9.17, 15) is 14.7 Å². The van der Waals surface area contributed by atoms with E-state index >= 15 is 0 Å². The second-order valence-electron chi connectivity index (χ2n) is 7.41. The van der Waals surface area contributed by atoms with E-state index in [2.05, 4.69) is 0 Å². The number of amides is 1. The molecule has 1 fully saturated rings. The number of aliphatic hydroxyl groups is 1. The standard InChI is InChI=1S/C25H19Cl2NO4/c1-14-5-3-7-17(11-14)28-22(15-6-4-8-18(12-15)32-2)21(24(30)25(28)31)23(29)16-9-10-19(26)20(27)13-16/h3-13,22,29H,1-2H3/b23-21-. The highest BCUT2D eigenvalue weighted by molar-refractivity contribution is 6.51. The number of hydrogen-bond acceptors (Lipinski definition) is 4. The number of methoxy groups -OCH3 is 1. The Morgan fingerprint density at radius 2 is 1.72 bits per heavy atom. The van der Waals surface area contributed by atoms with Crippen molar-refractivity contribution in [3.8, 4) is 5.75 Å². The Balaban J connectivity index is 1.97. The summed E-state index contributed by atoms with van der Waals surface area (Å²) in [6.45, 7) is 1.90. The van der Waals surface area contributed by atoms with Gasteiger partial charge in [-0.25, -0.2) is 0 Å². The van der Waals surface area contributed by atoms with E-state index in [4.69, 9.17) is 27.9 Å². The number of ether oxygens (including phenoxy) is 1. The van der Waals surface area contributed by atoms with E-state index < -0.39 is 17.7 Å². The number of carbonyl (C=O) groups excluding carboxylic acids is 2. The smallest absolute Gasteiger partial charge is 0.300 e. The highest BCUT2D eigenvalue weighted by Crippen LogP contribution is 2.43. The van der Waals surface area contributed by atoms with Gasteiger partial charge in [0.2, 0.25) is 0 Å². The predicted molar refractivity (Wildman–Crippen MR) is 125 cm³/mol. The lowest BCUT2D eigenvalue weighted by Gasteiger charge is -2.26. The average molecular weight is 468 g/mol. The second-order valence-corrected chi connectivity index (χ2v) is 8.23. The largest absolute Gasteiger partial charge is 0.507 e. The Labute approximate surface area is 195 Å². The van der Waals surface area contributed by atoms with Gasteiger partial charge < -0.3 is 9.84 Å². The van der Waals surface area contributed by atoms with Crippen LogP contribution in [0.4, 0.5) is 5.69 Å². The third-order valence-corrected chi connectivity index (χ3v) is 6.07. The molecule has 1 saturated heterocycles. The van der Waals surface area contributed by atoms with Gasteiger partial charge >= 0.3 is 0 Å². The van der Waals surface area contributed by atoms with E-state index in [1.54, 1.807) is 36.4 Å². The molecular formula is C25H19Cl2NO4. The summed E-state index contributed by atoms with van der Waals surface area (Å²) >= 11 is 12.1. The molecule has 1 unspecified atom stereocenters. The molecule has 1 aliphatic heterocycles. The van der Waals surface area contributed by atoms with Crippen molar-refractivity contribution in [2.75, 3.05) is 12.0 Å². The van der Waals surface area contributed by atoms with Crippen LogP contribution in [0.15, 0.2) is 72.3 Å². The Morgan fingerprint density at radius 3 is 2.41 bits per heavy atom. The Hall–Kier alpha value is -3.28. The monoisotopic (exact) mass is 467 g/mol. The maximum atomic E-state index is 13.2. The molecule has 1 amide bonds. The van der Waals surface area contributed by atoms with Crippen LogP contribution >= 0.6 is 23.2 Å². The Morgan fingerprint density at radius 1 is 0.969 bits per heavy atom. The molecule has 0 aromatic heterocycles. The van der Waals surface area contributed by atoms with Crippen LogP contribution in [0.2, 0.25) is 10.0 Å². The summed E-state index contributed by atoms with van der Waals surface area (Å²) in [5.41, 5.74) is 2.34. The van der Waals surface area contributed by atoms with Gasteiger partial charge in [0.1, 0.15) is 11.5 Å². The van der Waals surface area contributed by atoms with Gasteiger partial charge in [0.25, 0.3) is 11.7 Å². The van der Waals surface area contributed by atoms with Crippen LogP contribution in [0.25, 0.3) is 5.76 Å². The van der Waals surface area contributed by atoms with Crippen LogP contribution in [-0.4, -0.2) is 23.9 Å². The zero-order chi connectivity index (χ0) is 23.0. The van der Waals surface area contributed by atoms with E-state index in [0.29, 0.717) is 22.0 Å². The summed E-state index contributed by atoms with van der Waals surface area (Å²) in [7, 11) is 1.53. The fourth-order valence-electron chi connectivity index (χ4n) is 3.80. The number of nitrogens with zero attached hydrogens (tertiary/aromatic N) is 1. The molecule has 1 atom stereocenters. The second kappa shape index (κ2) is 8.69. The number of aryl methyl sites for hydroxylation is 1. The number of ketones is 1. The lowest BCUT2D eigenvalue weighted by molar-refractivity contribution is -0.132. The van der Waals surface area contributed by atoms with Gasteiger partial charge in [0.15, 0.2) is 0 Å². The highest BCUT2D eigenvalue weighted by Gasteiger charge is 2.47. The molecule has 0 aliphatic carbocycles. The molecule has 162 valence electrons. The molecule has 3 aromatic rings. The highest BCUT2D eigenvalue weighted by atomic mass is 35.5. The first-order valence-corrected chi connectivity index (χ1v) is 10.5. The molecular weight excluding hydrogens is 449 g/mol. The van der Waals surface area contributed by atoms with Crippen molar-refractivity contribution in [2.45, 2.75) is 13.0 Å². The van der Waals surface area contributed by atoms with Crippen molar-refractivity contribution < 1.29 is 19.4 Å². The van der Waals surface area contributed by atoms with Gasteiger partial charge in [-0.15, -0.1) is 0 Å². The van der Waals surface area contributed by atoms with Crippen molar-refractivity contribution in [1.82, 2.24) is 0 Å². The molecule has 0 spiro atoms. The minimum atomic E-state index is -0.860. The predicted octanol–water partition coefficient (Wildman–Crippen LogP) is 5.94. The summed E-state index contributed by atoms with van der Waals surface area (Å²) in [5, 5.41) is 11.7. The van der Waals surface area contributed by atoms with Crippen molar-refractivity contribution in [2.24, 2.45) is 0 Å². The van der Waals surface area contributed by atoms with Crippen molar-refractivity contribution in [3.05, 3.63) is 99.0 Å². The maximum absolute atomic E-state index is 13.2. The van der Waals surface area contributed by atoms with E-state index in [1.165, 1.54) is 24.1 Å². The molecule has 1 heterocycles. The molecule has 7 heteroatoms. The molecule has 5 nitrogen and oxygen atoms in total. The minimum Gasteiger partial charge on any atom is -0.507 e. The van der Waals surface area contributed by atoms with Crippen LogP contribution in [-0.2, 0) is 9.59 Å². The summed E-state index contributed by atoms with van der Waals surface area (Å²) in [6.07, 6.45) is 0. The summed E-state index contributed by atoms with van der Waals surface area (Å²) < 4.78 is 5.34. The molecule has 0 radical (unpaired) electrons. The van der Waals surface area contributed by atoms with Gasteiger partial charge in [0.05, 0.1) is 28.8 Å². The number of anilines is 1. The number of carbonyl (C=O) groups is 2. The van der Waals surface area contributed by atoms with Crippen LogP contribution in [0.3, 0.4) is 0 Å². The fourth-order valence-corrected chi connectivity index (χ4v) is 4.10. The quantitative estimate of drug-likeness (QED) is 0.293. The van der Waals surface area contributed by atoms with E-state index in [0.717, 1.165) is 5.56 Å². The van der Waals surface area contributed by atoms with Crippen LogP contribution in [0, 0.1) is 6.92 Å². The molecule has 1 N–H and O–H groups in total. The van der Waals surface area contributed by atoms with Crippen LogP contribution in [0.1, 0.15) is 22.7 Å². The van der Waals surface area contributed by atoms with Gasteiger partial charge in [-0.05, 0) is 60.5 Å². The number of aliphatic hydroxyl groups excluding tert-OH is 1. The Bertz CT molecular complexity index is 1270. The third kappa shape index (κ3) is 3.85. The number of benzene rings is 3. The molecule has 32 heavy (non-hydrogen) atoms. The molecule has 3 aromatic carbocycles. The number of hydrogen-bond donors (Lipinski definition) is 1. The molecule has 0 bridgehead atoms. The first kappa shape index (κ1) is 21.9. The molecule has 0 saturated carbocycles. The first-order chi connectivity index (χ1) is 15.3. The van der Waals surface area contributed by atoms with Gasteiger partial charge in [-0.1, -0.05) is 47.5 Å².